The number of aromatic carboxylic acids is 1. The molecule has 0 bridgehead atoms. The summed E-state index contributed by atoms with van der Waals surface area (Å²) >= 11 is 0. The van der Waals surface area contributed by atoms with Crippen molar-refractivity contribution >= 4 is 5.97 Å². The first-order valence-corrected chi connectivity index (χ1v) is 6.13. The van der Waals surface area contributed by atoms with Crippen LogP contribution in [-0.2, 0) is 13.1 Å². The van der Waals surface area contributed by atoms with Gasteiger partial charge in [0.05, 0.1) is 12.1 Å². The van der Waals surface area contributed by atoms with Crippen LogP contribution >= 0.6 is 0 Å². The maximum atomic E-state index is 10.9. The number of nitrogens with zero attached hydrogens (tertiary/aromatic N) is 3. The third-order valence-electron chi connectivity index (χ3n) is 2.90. The number of carboxylic acid groups (broad SMARTS) is 1. The minimum absolute atomic E-state index is 0.331. The normalized spacial score (nSPS) is 10.8. The average molecular weight is 259 g/mol. The third-order valence-corrected chi connectivity index (χ3v) is 2.90. The lowest BCUT2D eigenvalue weighted by Crippen LogP contribution is -2.23. The molecule has 0 fully saturated rings. The van der Waals surface area contributed by atoms with E-state index in [9.17, 15) is 4.79 Å². The molecule has 100 valence electrons. The minimum atomic E-state index is -0.888. The highest BCUT2D eigenvalue weighted by atomic mass is 16.4. The quantitative estimate of drug-likeness (QED) is 0.858. The van der Waals surface area contributed by atoms with E-state index in [0.717, 1.165) is 25.2 Å². The van der Waals surface area contributed by atoms with E-state index in [-0.39, 0.29) is 0 Å². The molecule has 0 spiro atoms. The van der Waals surface area contributed by atoms with Crippen molar-refractivity contribution in [3.05, 3.63) is 53.9 Å². The molecule has 0 aliphatic carbocycles. The second-order valence-electron chi connectivity index (χ2n) is 4.51. The molecule has 1 aromatic carbocycles. The molecule has 1 heterocycles. The fourth-order valence-corrected chi connectivity index (χ4v) is 1.90. The summed E-state index contributed by atoms with van der Waals surface area (Å²) in [6.45, 7) is 2.41. The van der Waals surface area contributed by atoms with Crippen LogP contribution in [0.5, 0.6) is 0 Å². The molecule has 2 rings (SSSR count). The predicted molar refractivity (Wildman–Crippen MR) is 72.0 cm³/mol. The first kappa shape index (κ1) is 13.3. The van der Waals surface area contributed by atoms with E-state index in [1.54, 1.807) is 24.4 Å². The number of carbonyl (C=O) groups is 1. The summed E-state index contributed by atoms with van der Waals surface area (Å²) in [5.74, 6) is -0.888. The zero-order valence-corrected chi connectivity index (χ0v) is 10.9. The maximum absolute atomic E-state index is 10.9. The lowest BCUT2D eigenvalue weighted by atomic mass is 10.1. The number of hydrogen-bond acceptors (Lipinski definition) is 3. The summed E-state index contributed by atoms with van der Waals surface area (Å²) in [7, 11) is 2.01. The van der Waals surface area contributed by atoms with Crippen LogP contribution in [0.4, 0.5) is 0 Å². The molecule has 0 amide bonds. The Hall–Kier alpha value is -2.14. The lowest BCUT2D eigenvalue weighted by molar-refractivity contribution is 0.0696. The molecular formula is C14H17N3O2. The highest BCUT2D eigenvalue weighted by molar-refractivity contribution is 5.87. The largest absolute Gasteiger partial charge is 0.478 e. The van der Waals surface area contributed by atoms with Crippen molar-refractivity contribution in [2.24, 2.45) is 0 Å². The van der Waals surface area contributed by atoms with Gasteiger partial charge in [0.1, 0.15) is 0 Å². The van der Waals surface area contributed by atoms with Crippen LogP contribution in [0.15, 0.2) is 42.7 Å². The molecule has 0 atom stereocenters. The van der Waals surface area contributed by atoms with Gasteiger partial charge in [0, 0.05) is 25.5 Å². The number of carboxylic acids is 1. The van der Waals surface area contributed by atoms with Gasteiger partial charge in [-0.3, -0.25) is 4.68 Å². The Morgan fingerprint density at radius 3 is 2.95 bits per heavy atom. The van der Waals surface area contributed by atoms with Crippen LogP contribution in [0.1, 0.15) is 15.9 Å². The SMILES string of the molecule is CN(CCn1cccn1)Cc1cccc(C(=O)O)c1. The Balaban J connectivity index is 1.89. The van der Waals surface area contributed by atoms with E-state index in [2.05, 4.69) is 10.00 Å². The monoisotopic (exact) mass is 259 g/mol. The van der Waals surface area contributed by atoms with E-state index >= 15 is 0 Å². The van der Waals surface area contributed by atoms with Crippen LogP contribution in [0, 0.1) is 0 Å². The van der Waals surface area contributed by atoms with Crippen LogP contribution in [0.25, 0.3) is 0 Å². The smallest absolute Gasteiger partial charge is 0.335 e. The summed E-state index contributed by atoms with van der Waals surface area (Å²) in [4.78, 5) is 13.0. The summed E-state index contributed by atoms with van der Waals surface area (Å²) < 4.78 is 1.88. The van der Waals surface area contributed by atoms with Gasteiger partial charge in [0.15, 0.2) is 0 Å². The Labute approximate surface area is 112 Å². The van der Waals surface area contributed by atoms with Gasteiger partial charge in [-0.15, -0.1) is 0 Å². The number of hydrogen-bond donors (Lipinski definition) is 1. The van der Waals surface area contributed by atoms with Gasteiger partial charge >= 0.3 is 5.97 Å². The number of aromatic nitrogens is 2. The molecule has 0 saturated carbocycles. The Kier molecular flexibility index (Phi) is 4.30. The fourth-order valence-electron chi connectivity index (χ4n) is 1.90. The van der Waals surface area contributed by atoms with Crippen molar-refractivity contribution in [3.8, 4) is 0 Å². The van der Waals surface area contributed by atoms with Gasteiger partial charge in [-0.1, -0.05) is 12.1 Å². The highest BCUT2D eigenvalue weighted by Crippen LogP contribution is 2.07. The van der Waals surface area contributed by atoms with Gasteiger partial charge in [-0.25, -0.2) is 4.79 Å². The van der Waals surface area contributed by atoms with Crippen molar-refractivity contribution in [1.82, 2.24) is 14.7 Å². The molecule has 2 aromatic rings. The fraction of sp³-hybridized carbons (Fsp3) is 0.286. The van der Waals surface area contributed by atoms with Crippen molar-refractivity contribution in [2.75, 3.05) is 13.6 Å². The predicted octanol–water partition coefficient (Wildman–Crippen LogP) is 1.71. The van der Waals surface area contributed by atoms with E-state index in [4.69, 9.17) is 5.11 Å². The van der Waals surface area contributed by atoms with Crippen LogP contribution < -0.4 is 0 Å². The number of rotatable bonds is 6. The molecule has 5 nitrogen and oxygen atoms in total. The average Bonchev–Trinajstić information content (AvgIpc) is 2.90. The van der Waals surface area contributed by atoms with E-state index in [1.807, 2.05) is 30.1 Å². The van der Waals surface area contributed by atoms with Gasteiger partial charge in [-0.05, 0) is 30.8 Å². The highest BCUT2D eigenvalue weighted by Gasteiger charge is 2.05. The van der Waals surface area contributed by atoms with Gasteiger partial charge in [-0.2, -0.15) is 5.10 Å². The summed E-state index contributed by atoms with van der Waals surface area (Å²) in [6, 6.07) is 8.94. The Morgan fingerprint density at radius 1 is 1.42 bits per heavy atom. The Morgan fingerprint density at radius 2 is 2.26 bits per heavy atom. The number of benzene rings is 1. The molecule has 0 aliphatic rings. The van der Waals surface area contributed by atoms with Crippen molar-refractivity contribution in [1.29, 1.82) is 0 Å². The molecule has 0 saturated heterocycles. The van der Waals surface area contributed by atoms with Gasteiger partial charge in [0.25, 0.3) is 0 Å². The summed E-state index contributed by atoms with van der Waals surface area (Å²) in [5.41, 5.74) is 1.33. The van der Waals surface area contributed by atoms with Gasteiger partial charge < -0.3 is 10.0 Å². The molecule has 0 aliphatic heterocycles. The maximum Gasteiger partial charge on any atom is 0.335 e. The molecule has 1 aromatic heterocycles. The standard InChI is InChI=1S/C14H17N3O2/c1-16(8-9-17-7-3-6-15-17)11-12-4-2-5-13(10-12)14(18)19/h2-7,10H,8-9,11H2,1H3,(H,18,19). The molecular weight excluding hydrogens is 242 g/mol. The first-order valence-electron chi connectivity index (χ1n) is 6.13. The van der Waals surface area contributed by atoms with Crippen LogP contribution in [0.3, 0.4) is 0 Å². The van der Waals surface area contributed by atoms with Crippen molar-refractivity contribution in [2.45, 2.75) is 13.1 Å². The summed E-state index contributed by atoms with van der Waals surface area (Å²) in [6.07, 6.45) is 3.69. The number of likely N-dealkylation sites (N-methyl/N-ethyl adjacent to an activating group) is 1. The zero-order chi connectivity index (χ0) is 13.7. The lowest BCUT2D eigenvalue weighted by Gasteiger charge is -2.16. The zero-order valence-electron chi connectivity index (χ0n) is 10.9. The van der Waals surface area contributed by atoms with Crippen LogP contribution in [-0.4, -0.2) is 39.3 Å². The molecule has 19 heavy (non-hydrogen) atoms. The van der Waals surface area contributed by atoms with E-state index < -0.39 is 5.97 Å². The first-order chi connectivity index (χ1) is 9.15. The van der Waals surface area contributed by atoms with E-state index in [1.165, 1.54) is 0 Å². The molecule has 1 N–H and O–H groups in total. The summed E-state index contributed by atoms with van der Waals surface area (Å²) in [5, 5.41) is 13.1. The third kappa shape index (κ3) is 3.93. The van der Waals surface area contributed by atoms with Crippen LogP contribution in [0.2, 0.25) is 0 Å². The van der Waals surface area contributed by atoms with Crippen molar-refractivity contribution < 1.29 is 9.90 Å². The van der Waals surface area contributed by atoms with Crippen molar-refractivity contribution in [3.63, 3.8) is 0 Å². The molecule has 5 heteroatoms. The molecule has 0 unspecified atom stereocenters. The molecule has 0 radical (unpaired) electrons. The Bertz CT molecular complexity index is 537. The van der Waals surface area contributed by atoms with E-state index in [0.29, 0.717) is 5.56 Å². The second-order valence-corrected chi connectivity index (χ2v) is 4.51. The topological polar surface area (TPSA) is 58.4 Å². The van der Waals surface area contributed by atoms with Gasteiger partial charge in [0.2, 0.25) is 0 Å². The second kappa shape index (κ2) is 6.15. The minimum Gasteiger partial charge on any atom is -0.478 e.